The minimum absolute atomic E-state index is 0.239. The van der Waals surface area contributed by atoms with Crippen LogP contribution < -0.4 is 10.6 Å². The van der Waals surface area contributed by atoms with E-state index in [9.17, 15) is 26.3 Å². The quantitative estimate of drug-likeness (QED) is 0.555. The maximum absolute atomic E-state index is 13.4. The van der Waals surface area contributed by atoms with Gasteiger partial charge in [0.25, 0.3) is 0 Å². The lowest BCUT2D eigenvalue weighted by molar-refractivity contribution is -0.139. The van der Waals surface area contributed by atoms with Gasteiger partial charge in [0.15, 0.2) is 5.82 Å². The number of halogens is 7. The molecule has 0 aliphatic rings. The Hall–Kier alpha value is -2.37. The van der Waals surface area contributed by atoms with E-state index in [0.29, 0.717) is 6.92 Å². The Morgan fingerprint density at radius 2 is 1.70 bits per heavy atom. The van der Waals surface area contributed by atoms with Gasteiger partial charge in [-0.05, 0) is 25.9 Å². The summed E-state index contributed by atoms with van der Waals surface area (Å²) in [4.78, 5) is 14.3. The SMILES string of the molecule is [2H]c1ccc(-c2nc(N[C@H](C)C(F)(F)F)nc(N[C@]([2H])(C([2H])([2H])[2H])C(F)(F)F)n2)nc1Cl. The number of anilines is 2. The first kappa shape index (κ1) is 14.7. The van der Waals surface area contributed by atoms with Gasteiger partial charge in [0.05, 0.1) is 2.74 Å². The zero-order chi connectivity index (χ0) is 24.7. The third kappa shape index (κ3) is 5.81. The van der Waals surface area contributed by atoms with Crippen LogP contribution in [0.25, 0.3) is 11.5 Å². The summed E-state index contributed by atoms with van der Waals surface area (Å²) in [6.07, 6.45) is -10.5. The van der Waals surface area contributed by atoms with Crippen molar-refractivity contribution in [3.8, 4) is 11.5 Å². The number of hydrogen-bond acceptors (Lipinski definition) is 6. The first-order valence-corrected chi connectivity index (χ1v) is 7.31. The highest BCUT2D eigenvalue weighted by Gasteiger charge is 2.38. The van der Waals surface area contributed by atoms with E-state index in [1.807, 2.05) is 5.32 Å². The van der Waals surface area contributed by atoms with E-state index >= 15 is 0 Å². The number of nitrogens with zero attached hydrogens (tertiary/aromatic N) is 4. The molecule has 0 unspecified atom stereocenters. The smallest absolute Gasteiger partial charge is 0.343 e. The van der Waals surface area contributed by atoms with Gasteiger partial charge in [0, 0.05) is 4.11 Å². The van der Waals surface area contributed by atoms with E-state index in [4.69, 9.17) is 18.5 Å². The van der Waals surface area contributed by atoms with Crippen molar-refractivity contribution < 1.29 is 33.2 Å². The molecule has 2 atom stereocenters. The summed E-state index contributed by atoms with van der Waals surface area (Å²) < 4.78 is 115. The van der Waals surface area contributed by atoms with E-state index in [-0.39, 0.29) is 16.9 Å². The minimum Gasteiger partial charge on any atom is -0.343 e. The topological polar surface area (TPSA) is 75.6 Å². The predicted molar refractivity (Wildman–Crippen MR) is 86.3 cm³/mol. The fourth-order valence-corrected chi connectivity index (χ4v) is 1.71. The third-order valence-electron chi connectivity index (χ3n) is 2.88. The number of hydrogen-bond donors (Lipinski definition) is 2. The first-order chi connectivity index (χ1) is 14.3. The molecule has 2 aromatic rings. The van der Waals surface area contributed by atoms with Crippen LogP contribution in [0.5, 0.6) is 0 Å². The van der Waals surface area contributed by atoms with Crippen LogP contribution in [0.3, 0.4) is 0 Å². The van der Waals surface area contributed by atoms with E-state index < -0.39 is 49.0 Å². The van der Waals surface area contributed by atoms with Gasteiger partial charge >= 0.3 is 12.4 Å². The van der Waals surface area contributed by atoms with Crippen molar-refractivity contribution in [1.82, 2.24) is 19.9 Å². The maximum Gasteiger partial charge on any atom is 0.408 e. The van der Waals surface area contributed by atoms with Gasteiger partial charge in [-0.3, -0.25) is 0 Å². The summed E-state index contributed by atoms with van der Waals surface area (Å²) in [5.74, 6) is -2.65. The summed E-state index contributed by atoms with van der Waals surface area (Å²) >= 11 is 5.71. The Bertz CT molecular complexity index is 972. The Balaban J connectivity index is 2.63. The number of aromatic nitrogens is 4. The molecule has 2 heterocycles. The van der Waals surface area contributed by atoms with Crippen LogP contribution in [0, 0.1) is 0 Å². The molecule has 2 rings (SSSR count). The number of rotatable bonds is 5. The van der Waals surface area contributed by atoms with E-state index in [2.05, 4.69) is 19.9 Å². The number of alkyl halides is 6. The molecule has 0 radical (unpaired) electrons. The zero-order valence-corrected chi connectivity index (χ0v) is 13.9. The van der Waals surface area contributed by atoms with Crippen LogP contribution >= 0.6 is 11.6 Å². The van der Waals surface area contributed by atoms with Crippen LogP contribution in [-0.2, 0) is 0 Å². The molecule has 0 bridgehead atoms. The lowest BCUT2D eigenvalue weighted by Gasteiger charge is -2.20. The van der Waals surface area contributed by atoms with Crippen LogP contribution in [0.1, 0.15) is 20.6 Å². The normalized spacial score (nSPS) is 18.9. The van der Waals surface area contributed by atoms with Crippen LogP contribution in [0.15, 0.2) is 18.2 Å². The molecule has 0 aliphatic heterocycles. The molecule has 148 valence electrons. The number of nitrogens with one attached hydrogen (secondary N) is 2. The van der Waals surface area contributed by atoms with Gasteiger partial charge in [0.1, 0.15) is 22.9 Å². The highest BCUT2D eigenvalue weighted by Crippen LogP contribution is 2.26. The molecule has 27 heavy (non-hydrogen) atoms. The third-order valence-corrected chi connectivity index (χ3v) is 3.08. The second-order valence-corrected chi connectivity index (χ2v) is 5.34. The Kier molecular flexibility index (Phi) is 4.18. The molecule has 0 aromatic carbocycles. The van der Waals surface area contributed by atoms with Gasteiger partial charge < -0.3 is 10.6 Å². The minimum atomic E-state index is -5.66. The van der Waals surface area contributed by atoms with Crippen molar-refractivity contribution in [3.05, 3.63) is 23.3 Å². The van der Waals surface area contributed by atoms with Crippen molar-refractivity contribution in [3.63, 3.8) is 0 Å². The zero-order valence-electron chi connectivity index (χ0n) is 18.2. The molecule has 6 nitrogen and oxygen atoms in total. The molecular formula is C14H13ClF6N6. The van der Waals surface area contributed by atoms with E-state index in [1.54, 1.807) is 0 Å². The molecule has 2 N–H and O–H groups in total. The highest BCUT2D eigenvalue weighted by molar-refractivity contribution is 6.29. The molecule has 13 heteroatoms. The van der Waals surface area contributed by atoms with Crippen molar-refractivity contribution in [2.75, 3.05) is 10.6 Å². The van der Waals surface area contributed by atoms with Gasteiger partial charge in [-0.1, -0.05) is 17.7 Å². The monoisotopic (exact) mass is 419 g/mol. The van der Waals surface area contributed by atoms with Gasteiger partial charge in [-0.25, -0.2) is 4.98 Å². The molecule has 0 saturated carbocycles. The lowest BCUT2D eigenvalue weighted by atomic mass is 10.3. The van der Waals surface area contributed by atoms with Crippen molar-refractivity contribution in [2.45, 2.75) is 38.2 Å². The molecular weight excluding hydrogens is 402 g/mol. The average molecular weight is 420 g/mol. The van der Waals surface area contributed by atoms with Gasteiger partial charge in [-0.15, -0.1) is 0 Å². The summed E-state index contributed by atoms with van der Waals surface area (Å²) in [7, 11) is 0. The van der Waals surface area contributed by atoms with Crippen LogP contribution in [0.4, 0.5) is 38.2 Å². The molecule has 0 fully saturated rings. The standard InChI is InChI=1S/C14H13ClF6N6/c1-6(13(16,17)18)22-11-25-10(8-4-3-5-9(15)24-8)26-12(27-11)23-7(2)14(19,20)21/h3-7H,1-2H3,(H2,22,23,25,26,27)/t6-,7-/m1/s1/i1D3,5D,6D. The average Bonchev–Trinajstić information content (AvgIpc) is 2.61. The largest absolute Gasteiger partial charge is 0.408 e. The van der Waals surface area contributed by atoms with Crippen molar-refractivity contribution >= 4 is 23.5 Å². The predicted octanol–water partition coefficient (Wildman–Crippen LogP) is 4.31. The van der Waals surface area contributed by atoms with Crippen molar-refractivity contribution in [2.24, 2.45) is 0 Å². The van der Waals surface area contributed by atoms with Crippen LogP contribution in [0.2, 0.25) is 5.15 Å². The molecule has 0 spiro atoms. The van der Waals surface area contributed by atoms with E-state index in [1.165, 1.54) is 5.32 Å². The van der Waals surface area contributed by atoms with Gasteiger partial charge in [0.2, 0.25) is 11.9 Å². The first-order valence-electron chi connectivity index (χ1n) is 9.43. The fourth-order valence-electron chi connectivity index (χ4n) is 1.56. The Labute approximate surface area is 161 Å². The van der Waals surface area contributed by atoms with Crippen molar-refractivity contribution in [1.29, 1.82) is 0 Å². The molecule has 0 saturated heterocycles. The molecule has 0 aliphatic carbocycles. The second-order valence-electron chi connectivity index (χ2n) is 4.98. The Morgan fingerprint density at radius 3 is 2.22 bits per heavy atom. The molecule has 2 aromatic heterocycles. The molecule has 0 amide bonds. The number of pyridine rings is 1. The van der Waals surface area contributed by atoms with Crippen LogP contribution in [-0.4, -0.2) is 44.3 Å². The maximum atomic E-state index is 13.4. The Morgan fingerprint density at radius 1 is 1.07 bits per heavy atom. The summed E-state index contributed by atoms with van der Waals surface area (Å²) in [5, 5.41) is 2.76. The summed E-state index contributed by atoms with van der Waals surface area (Å²) in [5.41, 5.74) is -0.268. The second kappa shape index (κ2) is 7.71. The highest BCUT2D eigenvalue weighted by atomic mass is 35.5. The lowest BCUT2D eigenvalue weighted by Crippen LogP contribution is -2.35. The summed E-state index contributed by atoms with van der Waals surface area (Å²) in [6.45, 7) is -3.30. The van der Waals surface area contributed by atoms with Gasteiger partial charge in [-0.2, -0.15) is 41.3 Å². The summed E-state index contributed by atoms with van der Waals surface area (Å²) in [6, 6.07) is -4.59. The fraction of sp³-hybridized carbons (Fsp3) is 0.429. The van der Waals surface area contributed by atoms with E-state index in [0.717, 1.165) is 12.1 Å².